The summed E-state index contributed by atoms with van der Waals surface area (Å²) in [6.45, 7) is 0.499. The first-order chi connectivity index (χ1) is 14.6. The standard InChI is InChI=1S/C23H19FN2O4/c1-28-19-9-7-15(11-17(19)24)22-25-18-5-3-2-4-16(18)23(27)26(22)12-14-6-8-20-21(10-14)30-13-29-20/h2-11,22,25H,12-13H2,1H3. The van der Waals surface area contributed by atoms with Crippen molar-refractivity contribution in [3.63, 3.8) is 0 Å². The fourth-order valence-corrected chi connectivity index (χ4v) is 3.81. The molecular formula is C23H19FN2O4. The second-order valence-electron chi connectivity index (χ2n) is 7.11. The highest BCUT2D eigenvalue weighted by atomic mass is 19.1. The van der Waals surface area contributed by atoms with Crippen LogP contribution in [0.4, 0.5) is 10.1 Å². The third-order valence-electron chi connectivity index (χ3n) is 5.30. The molecule has 0 bridgehead atoms. The van der Waals surface area contributed by atoms with Crippen LogP contribution in [0.1, 0.15) is 27.7 Å². The number of hydrogen-bond donors (Lipinski definition) is 1. The molecule has 30 heavy (non-hydrogen) atoms. The second-order valence-corrected chi connectivity index (χ2v) is 7.11. The number of fused-ring (bicyclic) bond motifs is 2. The van der Waals surface area contributed by atoms with Gasteiger partial charge in [-0.3, -0.25) is 4.79 Å². The van der Waals surface area contributed by atoms with Crippen molar-refractivity contribution in [2.75, 3.05) is 19.2 Å². The van der Waals surface area contributed by atoms with Crippen molar-refractivity contribution >= 4 is 11.6 Å². The maximum Gasteiger partial charge on any atom is 0.258 e. The van der Waals surface area contributed by atoms with Gasteiger partial charge in [-0.1, -0.05) is 24.3 Å². The number of benzene rings is 3. The average Bonchev–Trinajstić information content (AvgIpc) is 3.23. The molecule has 152 valence electrons. The van der Waals surface area contributed by atoms with Crippen molar-refractivity contribution in [3.05, 3.63) is 83.2 Å². The topological polar surface area (TPSA) is 60.0 Å². The maximum absolute atomic E-state index is 14.4. The number of nitrogens with zero attached hydrogens (tertiary/aromatic N) is 1. The predicted octanol–water partition coefficient (Wildman–Crippen LogP) is 4.33. The number of hydrogen-bond acceptors (Lipinski definition) is 5. The Morgan fingerprint density at radius 2 is 1.93 bits per heavy atom. The summed E-state index contributed by atoms with van der Waals surface area (Å²) in [5, 5.41) is 3.37. The first-order valence-electron chi connectivity index (χ1n) is 9.52. The molecule has 6 nitrogen and oxygen atoms in total. The summed E-state index contributed by atoms with van der Waals surface area (Å²) in [5.74, 6) is 0.872. The van der Waals surface area contributed by atoms with E-state index in [1.54, 1.807) is 23.1 Å². The molecule has 2 aliphatic heterocycles. The number of methoxy groups -OCH3 is 1. The third-order valence-corrected chi connectivity index (χ3v) is 5.30. The first-order valence-corrected chi connectivity index (χ1v) is 9.52. The van der Waals surface area contributed by atoms with Crippen LogP contribution < -0.4 is 19.5 Å². The smallest absolute Gasteiger partial charge is 0.258 e. The maximum atomic E-state index is 14.4. The largest absolute Gasteiger partial charge is 0.494 e. The molecule has 0 aromatic heterocycles. The van der Waals surface area contributed by atoms with Crippen LogP contribution in [0, 0.1) is 5.82 Å². The molecule has 1 unspecified atom stereocenters. The minimum absolute atomic E-state index is 0.136. The molecule has 2 heterocycles. The number of carbonyl (C=O) groups excluding carboxylic acids is 1. The van der Waals surface area contributed by atoms with E-state index in [1.807, 2.05) is 36.4 Å². The molecule has 0 fully saturated rings. The van der Waals surface area contributed by atoms with Crippen LogP contribution in [0.5, 0.6) is 17.2 Å². The molecule has 2 aliphatic rings. The van der Waals surface area contributed by atoms with Gasteiger partial charge in [0, 0.05) is 12.2 Å². The lowest BCUT2D eigenvalue weighted by atomic mass is 10.0. The van der Waals surface area contributed by atoms with Gasteiger partial charge in [0.25, 0.3) is 5.91 Å². The molecule has 1 N–H and O–H groups in total. The molecule has 3 aromatic carbocycles. The van der Waals surface area contributed by atoms with Crippen molar-refractivity contribution < 1.29 is 23.4 Å². The van der Waals surface area contributed by atoms with Gasteiger partial charge < -0.3 is 24.4 Å². The van der Waals surface area contributed by atoms with Crippen LogP contribution in [0.25, 0.3) is 0 Å². The third kappa shape index (κ3) is 3.08. The molecule has 0 spiro atoms. The Labute approximate surface area is 172 Å². The second kappa shape index (κ2) is 7.26. The van der Waals surface area contributed by atoms with E-state index in [9.17, 15) is 9.18 Å². The van der Waals surface area contributed by atoms with E-state index in [0.29, 0.717) is 34.9 Å². The van der Waals surface area contributed by atoms with Crippen molar-refractivity contribution in [3.8, 4) is 17.2 Å². The van der Waals surface area contributed by atoms with Gasteiger partial charge in [0.2, 0.25) is 6.79 Å². The van der Waals surface area contributed by atoms with Gasteiger partial charge in [-0.05, 0) is 47.5 Å². The Balaban J connectivity index is 1.54. The quantitative estimate of drug-likeness (QED) is 0.699. The minimum Gasteiger partial charge on any atom is -0.494 e. The van der Waals surface area contributed by atoms with Gasteiger partial charge in [0.1, 0.15) is 6.17 Å². The van der Waals surface area contributed by atoms with Crippen molar-refractivity contribution in [2.24, 2.45) is 0 Å². The lowest BCUT2D eigenvalue weighted by molar-refractivity contribution is 0.0666. The van der Waals surface area contributed by atoms with Gasteiger partial charge >= 0.3 is 0 Å². The number of halogens is 1. The fourth-order valence-electron chi connectivity index (χ4n) is 3.81. The van der Waals surface area contributed by atoms with E-state index in [4.69, 9.17) is 14.2 Å². The Kier molecular flexibility index (Phi) is 4.43. The first kappa shape index (κ1) is 18.3. The van der Waals surface area contributed by atoms with Crippen LogP contribution in [0.2, 0.25) is 0 Å². The molecule has 0 saturated carbocycles. The number of amides is 1. The summed E-state index contributed by atoms with van der Waals surface area (Å²) in [7, 11) is 1.42. The van der Waals surface area contributed by atoms with Crippen molar-refractivity contribution in [1.82, 2.24) is 4.90 Å². The highest BCUT2D eigenvalue weighted by Crippen LogP contribution is 2.37. The van der Waals surface area contributed by atoms with Gasteiger partial charge in [-0.15, -0.1) is 0 Å². The number of nitrogens with one attached hydrogen (secondary N) is 1. The van der Waals surface area contributed by atoms with Crippen LogP contribution in [0.15, 0.2) is 60.7 Å². The molecule has 1 atom stereocenters. The highest BCUT2D eigenvalue weighted by Gasteiger charge is 2.33. The number of carbonyl (C=O) groups is 1. The summed E-state index contributed by atoms with van der Waals surface area (Å²) in [4.78, 5) is 15.0. The van der Waals surface area contributed by atoms with Crippen LogP contribution in [-0.4, -0.2) is 24.7 Å². The zero-order valence-electron chi connectivity index (χ0n) is 16.2. The average molecular weight is 406 g/mol. The van der Waals surface area contributed by atoms with Crippen LogP contribution in [-0.2, 0) is 6.54 Å². The number of ether oxygens (including phenoxy) is 3. The Morgan fingerprint density at radius 3 is 2.77 bits per heavy atom. The van der Waals surface area contributed by atoms with E-state index in [2.05, 4.69) is 5.32 Å². The summed E-state index contributed by atoms with van der Waals surface area (Å²) in [6.07, 6.45) is -0.543. The highest BCUT2D eigenvalue weighted by molar-refractivity contribution is 6.01. The SMILES string of the molecule is COc1ccc(C2Nc3ccccc3C(=O)N2Cc2ccc3c(c2)OCO3)cc1F. The minimum atomic E-state index is -0.543. The van der Waals surface area contributed by atoms with Crippen LogP contribution in [0.3, 0.4) is 0 Å². The monoisotopic (exact) mass is 406 g/mol. The zero-order chi connectivity index (χ0) is 20.7. The number of para-hydroxylation sites is 1. The molecule has 7 heteroatoms. The van der Waals surface area contributed by atoms with E-state index in [0.717, 1.165) is 5.56 Å². The lowest BCUT2D eigenvalue weighted by Crippen LogP contribution is -2.42. The number of rotatable bonds is 4. The summed E-state index contributed by atoms with van der Waals surface area (Å²) in [6, 6.07) is 17.6. The van der Waals surface area contributed by atoms with E-state index in [1.165, 1.54) is 13.2 Å². The normalized spacial score (nSPS) is 16.8. The van der Waals surface area contributed by atoms with Crippen molar-refractivity contribution in [2.45, 2.75) is 12.7 Å². The Morgan fingerprint density at radius 1 is 1.10 bits per heavy atom. The summed E-state index contributed by atoms with van der Waals surface area (Å²) in [5.41, 5.74) is 2.79. The van der Waals surface area contributed by atoms with Crippen LogP contribution >= 0.6 is 0 Å². The Hall–Kier alpha value is -3.74. The van der Waals surface area contributed by atoms with E-state index >= 15 is 0 Å². The zero-order valence-corrected chi connectivity index (χ0v) is 16.2. The summed E-state index contributed by atoms with van der Waals surface area (Å²) >= 11 is 0. The van der Waals surface area contributed by atoms with Gasteiger partial charge in [0.15, 0.2) is 23.1 Å². The van der Waals surface area contributed by atoms with Gasteiger partial charge in [-0.2, -0.15) is 0 Å². The molecule has 5 rings (SSSR count). The molecule has 0 aliphatic carbocycles. The molecule has 1 amide bonds. The summed E-state index contributed by atoms with van der Waals surface area (Å²) < 4.78 is 30.3. The molecular weight excluding hydrogens is 387 g/mol. The lowest BCUT2D eigenvalue weighted by Gasteiger charge is -2.38. The van der Waals surface area contributed by atoms with Gasteiger partial charge in [-0.25, -0.2) is 4.39 Å². The van der Waals surface area contributed by atoms with Gasteiger partial charge in [0.05, 0.1) is 12.7 Å². The fraction of sp³-hybridized carbons (Fsp3) is 0.174. The Bertz CT molecular complexity index is 1130. The predicted molar refractivity (Wildman–Crippen MR) is 108 cm³/mol. The molecule has 0 saturated heterocycles. The van der Waals surface area contributed by atoms with Crippen molar-refractivity contribution in [1.29, 1.82) is 0 Å². The molecule has 0 radical (unpaired) electrons. The van der Waals surface area contributed by atoms with E-state index < -0.39 is 12.0 Å². The molecule has 3 aromatic rings. The van der Waals surface area contributed by atoms with E-state index in [-0.39, 0.29) is 18.4 Å². The number of anilines is 1.